The third kappa shape index (κ3) is 2.84. The van der Waals surface area contributed by atoms with Crippen molar-refractivity contribution in [2.24, 2.45) is 0 Å². The number of nitrogens with one attached hydrogen (secondary N) is 1. The Labute approximate surface area is 116 Å². The summed E-state index contributed by atoms with van der Waals surface area (Å²) in [5.74, 6) is 0. The summed E-state index contributed by atoms with van der Waals surface area (Å²) in [5.41, 5.74) is 1.79. The monoisotopic (exact) mass is 279 g/mol. The predicted molar refractivity (Wildman–Crippen MR) is 73.9 cm³/mol. The Morgan fingerprint density at radius 1 is 1.00 bits per heavy atom. The normalized spacial score (nSPS) is 11.9. The first-order valence-electron chi connectivity index (χ1n) is 5.42. The molecule has 0 spiro atoms. The van der Waals surface area contributed by atoms with Gasteiger partial charge in [0.05, 0.1) is 6.04 Å². The minimum atomic E-state index is -0.270. The lowest BCUT2D eigenvalue weighted by molar-refractivity contribution is -0.110. The fraction of sp³-hybridized carbons (Fsp3) is 0.0714. The third-order valence-corrected chi connectivity index (χ3v) is 3.25. The Kier molecular flexibility index (Phi) is 4.24. The van der Waals surface area contributed by atoms with Crippen LogP contribution in [0.2, 0.25) is 10.0 Å². The largest absolute Gasteiger partial charge is 0.348 e. The first kappa shape index (κ1) is 12.9. The van der Waals surface area contributed by atoms with Gasteiger partial charge in [-0.25, -0.2) is 0 Å². The van der Waals surface area contributed by atoms with Gasteiger partial charge in [0.15, 0.2) is 0 Å². The van der Waals surface area contributed by atoms with Crippen LogP contribution >= 0.6 is 23.2 Å². The summed E-state index contributed by atoms with van der Waals surface area (Å²) in [6.45, 7) is 0. The number of halogens is 2. The Morgan fingerprint density at radius 2 is 1.67 bits per heavy atom. The van der Waals surface area contributed by atoms with Crippen molar-refractivity contribution in [3.05, 3.63) is 69.7 Å². The highest BCUT2D eigenvalue weighted by atomic mass is 35.5. The van der Waals surface area contributed by atoms with Crippen molar-refractivity contribution >= 4 is 29.6 Å². The molecule has 18 heavy (non-hydrogen) atoms. The fourth-order valence-corrected chi connectivity index (χ4v) is 2.17. The lowest BCUT2D eigenvalue weighted by Crippen LogP contribution is -2.20. The van der Waals surface area contributed by atoms with Gasteiger partial charge in [0.1, 0.15) is 0 Å². The highest BCUT2D eigenvalue weighted by molar-refractivity contribution is 6.31. The third-order valence-electron chi connectivity index (χ3n) is 2.65. The Bertz CT molecular complexity index is 540. The van der Waals surface area contributed by atoms with E-state index in [-0.39, 0.29) is 6.04 Å². The zero-order chi connectivity index (χ0) is 13.0. The van der Waals surface area contributed by atoms with Gasteiger partial charge in [-0.05, 0) is 29.3 Å². The molecular formula is C14H11Cl2NO. The maximum Gasteiger partial charge on any atom is 0.207 e. The number of carbonyl (C=O) groups excluding carboxylic acids is 1. The Morgan fingerprint density at radius 3 is 2.28 bits per heavy atom. The van der Waals surface area contributed by atoms with Crippen molar-refractivity contribution < 1.29 is 4.79 Å². The molecule has 4 heteroatoms. The lowest BCUT2D eigenvalue weighted by Gasteiger charge is -2.18. The van der Waals surface area contributed by atoms with Crippen LogP contribution in [0.5, 0.6) is 0 Å². The molecule has 0 heterocycles. The summed E-state index contributed by atoms with van der Waals surface area (Å²) >= 11 is 12.0. The van der Waals surface area contributed by atoms with Gasteiger partial charge in [-0.2, -0.15) is 0 Å². The minimum absolute atomic E-state index is 0.270. The van der Waals surface area contributed by atoms with Crippen LogP contribution in [0.4, 0.5) is 0 Å². The molecule has 0 aromatic heterocycles. The SMILES string of the molecule is O=CN[C@@H](c1ccc(Cl)cc1)c1ccccc1Cl. The van der Waals surface area contributed by atoms with Gasteiger partial charge >= 0.3 is 0 Å². The van der Waals surface area contributed by atoms with Crippen molar-refractivity contribution in [3.63, 3.8) is 0 Å². The average molecular weight is 280 g/mol. The molecular weight excluding hydrogens is 269 g/mol. The minimum Gasteiger partial charge on any atom is -0.348 e. The molecule has 2 aromatic rings. The van der Waals surface area contributed by atoms with Crippen LogP contribution in [0.3, 0.4) is 0 Å². The molecule has 0 bridgehead atoms. The molecule has 0 aliphatic carbocycles. The van der Waals surface area contributed by atoms with E-state index in [0.29, 0.717) is 16.5 Å². The van der Waals surface area contributed by atoms with E-state index in [1.807, 2.05) is 30.3 Å². The van der Waals surface area contributed by atoms with Crippen LogP contribution < -0.4 is 5.32 Å². The van der Waals surface area contributed by atoms with E-state index in [4.69, 9.17) is 23.2 Å². The first-order valence-corrected chi connectivity index (χ1v) is 6.17. The molecule has 1 N–H and O–H groups in total. The van der Waals surface area contributed by atoms with Gasteiger partial charge in [0.25, 0.3) is 0 Å². The molecule has 0 aliphatic rings. The zero-order valence-corrected chi connectivity index (χ0v) is 10.9. The number of benzene rings is 2. The summed E-state index contributed by atoms with van der Waals surface area (Å²) in [4.78, 5) is 10.8. The van der Waals surface area contributed by atoms with Gasteiger partial charge < -0.3 is 5.32 Å². The summed E-state index contributed by atoms with van der Waals surface area (Å²) in [6.07, 6.45) is 0.669. The van der Waals surface area contributed by atoms with E-state index < -0.39 is 0 Å². The lowest BCUT2D eigenvalue weighted by atomic mass is 9.99. The number of amides is 1. The van der Waals surface area contributed by atoms with Gasteiger partial charge in [0.2, 0.25) is 6.41 Å². The summed E-state index contributed by atoms with van der Waals surface area (Å²) in [7, 11) is 0. The molecule has 0 fully saturated rings. The number of hydrogen-bond donors (Lipinski definition) is 1. The molecule has 0 aliphatic heterocycles. The predicted octanol–water partition coefficient (Wildman–Crippen LogP) is 3.83. The van der Waals surface area contributed by atoms with E-state index in [1.54, 1.807) is 18.2 Å². The topological polar surface area (TPSA) is 29.1 Å². The summed E-state index contributed by atoms with van der Waals surface area (Å²) in [5, 5.41) is 4.04. The quantitative estimate of drug-likeness (QED) is 0.847. The van der Waals surface area contributed by atoms with Crippen LogP contribution in [0.1, 0.15) is 17.2 Å². The van der Waals surface area contributed by atoms with E-state index in [0.717, 1.165) is 11.1 Å². The number of rotatable bonds is 4. The molecule has 1 amide bonds. The van der Waals surface area contributed by atoms with Gasteiger partial charge in [-0.3, -0.25) is 4.79 Å². The molecule has 0 saturated carbocycles. The molecule has 2 nitrogen and oxygen atoms in total. The zero-order valence-electron chi connectivity index (χ0n) is 9.44. The second-order valence-corrected chi connectivity index (χ2v) is 4.63. The van der Waals surface area contributed by atoms with Gasteiger partial charge in [0, 0.05) is 10.0 Å². The highest BCUT2D eigenvalue weighted by Crippen LogP contribution is 2.28. The molecule has 0 saturated heterocycles. The Balaban J connectivity index is 2.43. The number of hydrogen-bond acceptors (Lipinski definition) is 1. The number of carbonyl (C=O) groups is 1. The highest BCUT2D eigenvalue weighted by Gasteiger charge is 2.15. The van der Waals surface area contributed by atoms with Crippen LogP contribution in [0.25, 0.3) is 0 Å². The van der Waals surface area contributed by atoms with E-state index >= 15 is 0 Å². The molecule has 2 aromatic carbocycles. The first-order chi connectivity index (χ1) is 8.72. The van der Waals surface area contributed by atoms with Gasteiger partial charge in [-0.1, -0.05) is 53.5 Å². The van der Waals surface area contributed by atoms with Crippen molar-refractivity contribution in [2.45, 2.75) is 6.04 Å². The maximum absolute atomic E-state index is 10.8. The summed E-state index contributed by atoms with van der Waals surface area (Å²) in [6, 6.07) is 14.5. The van der Waals surface area contributed by atoms with Crippen molar-refractivity contribution in [2.75, 3.05) is 0 Å². The smallest absolute Gasteiger partial charge is 0.207 e. The van der Waals surface area contributed by atoms with Crippen molar-refractivity contribution in [1.82, 2.24) is 5.32 Å². The van der Waals surface area contributed by atoms with Gasteiger partial charge in [-0.15, -0.1) is 0 Å². The fourth-order valence-electron chi connectivity index (χ4n) is 1.80. The van der Waals surface area contributed by atoms with Crippen molar-refractivity contribution in [3.8, 4) is 0 Å². The van der Waals surface area contributed by atoms with E-state index in [1.165, 1.54) is 0 Å². The average Bonchev–Trinajstić information content (AvgIpc) is 2.38. The van der Waals surface area contributed by atoms with Crippen LogP contribution in [-0.4, -0.2) is 6.41 Å². The maximum atomic E-state index is 10.8. The molecule has 92 valence electrons. The molecule has 0 unspecified atom stereocenters. The summed E-state index contributed by atoms with van der Waals surface area (Å²) < 4.78 is 0. The van der Waals surface area contributed by atoms with Crippen LogP contribution in [0.15, 0.2) is 48.5 Å². The standard InChI is InChI=1S/C14H11Cl2NO/c15-11-7-5-10(6-8-11)14(17-9-18)12-3-1-2-4-13(12)16/h1-9,14H,(H,17,18)/t14-/m0/s1. The molecule has 0 radical (unpaired) electrons. The van der Waals surface area contributed by atoms with Crippen LogP contribution in [-0.2, 0) is 4.79 Å². The second kappa shape index (κ2) is 5.89. The van der Waals surface area contributed by atoms with E-state index in [9.17, 15) is 4.79 Å². The molecule has 1 atom stereocenters. The van der Waals surface area contributed by atoms with Crippen molar-refractivity contribution in [1.29, 1.82) is 0 Å². The molecule has 2 rings (SSSR count). The Hall–Kier alpha value is -1.51. The van der Waals surface area contributed by atoms with E-state index in [2.05, 4.69) is 5.32 Å². The second-order valence-electron chi connectivity index (χ2n) is 3.79. The van der Waals surface area contributed by atoms with Crippen LogP contribution in [0, 0.1) is 0 Å².